The molecule has 1 fully saturated rings. The Morgan fingerprint density at radius 2 is 1.73 bits per heavy atom. The molecule has 0 bridgehead atoms. The highest BCUT2D eigenvalue weighted by Gasteiger charge is 2.34. The van der Waals surface area contributed by atoms with Crippen LogP contribution in [-0.4, -0.2) is 16.9 Å². The highest BCUT2D eigenvalue weighted by molar-refractivity contribution is 9.10. The predicted molar refractivity (Wildman–Crippen MR) is 124 cm³/mol. The van der Waals surface area contributed by atoms with Gasteiger partial charge in [-0.1, -0.05) is 45.4 Å². The van der Waals surface area contributed by atoms with Gasteiger partial charge in [-0.15, -0.1) is 0 Å². The van der Waals surface area contributed by atoms with E-state index in [1.165, 1.54) is 28.3 Å². The van der Waals surface area contributed by atoms with Gasteiger partial charge in [0, 0.05) is 9.37 Å². The maximum atomic E-state index is 13.0. The van der Waals surface area contributed by atoms with Crippen molar-refractivity contribution in [1.29, 1.82) is 0 Å². The largest absolute Gasteiger partial charge is 0.450 e. The van der Waals surface area contributed by atoms with Gasteiger partial charge in [-0.05, 0) is 73.7 Å². The maximum absolute atomic E-state index is 13.0. The molecule has 0 radical (unpaired) electrons. The fraction of sp³-hybridized carbons (Fsp3) is 0.0455. The topological polar surface area (TPSA) is 62.6 Å². The number of nitrogens with one attached hydrogen (secondary N) is 1. The van der Waals surface area contributed by atoms with E-state index < -0.39 is 11.8 Å². The predicted octanol–water partition coefficient (Wildman–Crippen LogP) is 5.33. The zero-order valence-corrected chi connectivity index (χ0v) is 18.9. The molecular formula is C22H15BrN2O3S2. The monoisotopic (exact) mass is 498 g/mol. The lowest BCUT2D eigenvalue weighted by atomic mass is 10.1. The third-order valence-corrected chi connectivity index (χ3v) is 6.06. The van der Waals surface area contributed by atoms with Crippen molar-refractivity contribution in [2.24, 2.45) is 0 Å². The number of aryl methyl sites for hydroxylation is 1. The third kappa shape index (κ3) is 4.40. The quantitative estimate of drug-likeness (QED) is 0.299. The Balaban J connectivity index is 1.59. The van der Waals surface area contributed by atoms with E-state index in [1.807, 2.05) is 31.2 Å². The van der Waals surface area contributed by atoms with E-state index in [2.05, 4.69) is 21.2 Å². The van der Waals surface area contributed by atoms with Crippen molar-refractivity contribution in [3.05, 3.63) is 82.0 Å². The van der Waals surface area contributed by atoms with Gasteiger partial charge in [0.05, 0.1) is 5.69 Å². The van der Waals surface area contributed by atoms with Crippen LogP contribution in [0.3, 0.4) is 0 Å². The number of amides is 2. The molecule has 4 rings (SSSR count). The van der Waals surface area contributed by atoms with Gasteiger partial charge in [0.15, 0.2) is 10.2 Å². The average molecular weight is 499 g/mol. The number of hydrogen-bond donors (Lipinski definition) is 1. The first-order chi connectivity index (χ1) is 14.4. The summed E-state index contributed by atoms with van der Waals surface area (Å²) in [6.07, 6.45) is 1.44. The lowest BCUT2D eigenvalue weighted by molar-refractivity contribution is -0.122. The zero-order chi connectivity index (χ0) is 21.3. The van der Waals surface area contributed by atoms with Gasteiger partial charge in [0.2, 0.25) is 0 Å². The van der Waals surface area contributed by atoms with Crippen LogP contribution in [0, 0.1) is 6.92 Å². The molecule has 0 aliphatic carbocycles. The normalized spacial score (nSPS) is 15.6. The molecule has 0 saturated carbocycles. The number of thiocarbonyl (C=S) groups is 1. The van der Waals surface area contributed by atoms with E-state index in [9.17, 15) is 9.59 Å². The lowest BCUT2D eigenvalue weighted by Crippen LogP contribution is -2.54. The summed E-state index contributed by atoms with van der Waals surface area (Å²) >= 11 is 10.0. The second-order valence-corrected chi connectivity index (χ2v) is 8.89. The molecule has 2 amide bonds. The van der Waals surface area contributed by atoms with Crippen LogP contribution in [0.15, 0.2) is 85.1 Å². The second kappa shape index (κ2) is 8.59. The highest BCUT2D eigenvalue weighted by Crippen LogP contribution is 2.30. The van der Waals surface area contributed by atoms with Crippen LogP contribution < -0.4 is 10.2 Å². The van der Waals surface area contributed by atoms with Gasteiger partial charge >= 0.3 is 0 Å². The summed E-state index contributed by atoms with van der Waals surface area (Å²) in [7, 11) is 0. The Labute approximate surface area is 191 Å². The molecule has 0 atom stereocenters. The number of benzene rings is 2. The fourth-order valence-electron chi connectivity index (χ4n) is 2.81. The third-order valence-electron chi connectivity index (χ3n) is 4.31. The Bertz CT molecular complexity index is 1170. The molecule has 2 heterocycles. The molecule has 5 nitrogen and oxygen atoms in total. The molecule has 1 N–H and O–H groups in total. The smallest absolute Gasteiger partial charge is 0.270 e. The van der Waals surface area contributed by atoms with Crippen LogP contribution >= 0.6 is 39.9 Å². The summed E-state index contributed by atoms with van der Waals surface area (Å²) in [5.41, 5.74) is 1.70. The molecule has 3 aromatic rings. The first-order valence-electron chi connectivity index (χ1n) is 8.92. The molecule has 2 aromatic carbocycles. The molecule has 30 heavy (non-hydrogen) atoms. The summed E-state index contributed by atoms with van der Waals surface area (Å²) in [4.78, 5) is 27.8. The number of anilines is 1. The first-order valence-corrected chi connectivity index (χ1v) is 10.9. The number of hydrogen-bond acceptors (Lipinski definition) is 5. The fourth-order valence-corrected chi connectivity index (χ4v) is 4.14. The van der Waals surface area contributed by atoms with E-state index in [-0.39, 0.29) is 10.7 Å². The number of carbonyl (C=O) groups is 2. The minimum Gasteiger partial charge on any atom is -0.450 e. The Kier molecular flexibility index (Phi) is 5.90. The molecule has 1 aromatic heterocycles. The molecule has 1 aliphatic rings. The summed E-state index contributed by atoms with van der Waals surface area (Å²) in [5, 5.41) is 3.27. The molecule has 0 spiro atoms. The summed E-state index contributed by atoms with van der Waals surface area (Å²) in [6, 6.07) is 18.7. The van der Waals surface area contributed by atoms with E-state index in [0.717, 1.165) is 9.37 Å². The van der Waals surface area contributed by atoms with Crippen molar-refractivity contribution in [2.45, 2.75) is 16.9 Å². The van der Waals surface area contributed by atoms with E-state index >= 15 is 0 Å². The van der Waals surface area contributed by atoms with Crippen molar-refractivity contribution >= 4 is 68.6 Å². The maximum Gasteiger partial charge on any atom is 0.270 e. The van der Waals surface area contributed by atoms with Crippen LogP contribution in [0.2, 0.25) is 0 Å². The minimum atomic E-state index is -0.553. The number of halogens is 1. The van der Waals surface area contributed by atoms with Crippen molar-refractivity contribution < 1.29 is 14.0 Å². The zero-order valence-electron chi connectivity index (χ0n) is 15.7. The summed E-state index contributed by atoms with van der Waals surface area (Å²) < 4.78 is 6.67. The minimum absolute atomic E-state index is 0.0412. The van der Waals surface area contributed by atoms with Crippen LogP contribution in [0.1, 0.15) is 11.3 Å². The molecule has 1 aliphatic heterocycles. The van der Waals surface area contributed by atoms with Crippen molar-refractivity contribution in [3.8, 4) is 0 Å². The number of nitrogens with zero attached hydrogens (tertiary/aromatic N) is 1. The molecule has 150 valence electrons. The van der Waals surface area contributed by atoms with Crippen LogP contribution in [-0.2, 0) is 9.59 Å². The Morgan fingerprint density at radius 1 is 1.03 bits per heavy atom. The van der Waals surface area contributed by atoms with Gasteiger partial charge in [0.25, 0.3) is 11.8 Å². The van der Waals surface area contributed by atoms with E-state index in [0.29, 0.717) is 16.5 Å². The van der Waals surface area contributed by atoms with Crippen molar-refractivity contribution in [3.63, 3.8) is 0 Å². The van der Waals surface area contributed by atoms with Crippen LogP contribution in [0.25, 0.3) is 6.08 Å². The van der Waals surface area contributed by atoms with Crippen molar-refractivity contribution in [2.75, 3.05) is 4.90 Å². The summed E-state index contributed by atoms with van der Waals surface area (Å²) in [6.45, 7) is 2.03. The van der Waals surface area contributed by atoms with Gasteiger partial charge < -0.3 is 4.42 Å². The summed E-state index contributed by atoms with van der Waals surface area (Å²) in [5.74, 6) is -0.649. The molecular weight excluding hydrogens is 484 g/mol. The standard InChI is InChI=1S/C22H15BrN2O3S2/c1-13-2-9-17(10-3-13)30-19-11-8-16(28-19)12-18-20(26)24-22(29)25(21(18)27)15-6-4-14(23)5-7-15/h2-12H,1H3,(H,24,26,29)/b18-12+. The van der Waals surface area contributed by atoms with Crippen LogP contribution in [0.4, 0.5) is 5.69 Å². The Morgan fingerprint density at radius 3 is 2.43 bits per heavy atom. The van der Waals surface area contributed by atoms with Gasteiger partial charge in [0.1, 0.15) is 11.3 Å². The van der Waals surface area contributed by atoms with Gasteiger partial charge in [-0.2, -0.15) is 0 Å². The molecule has 0 unspecified atom stereocenters. The van der Waals surface area contributed by atoms with Crippen molar-refractivity contribution in [1.82, 2.24) is 5.32 Å². The SMILES string of the molecule is Cc1ccc(Sc2ccc(/C=C3\C(=O)NC(=S)N(c4ccc(Br)cc4)C3=O)o2)cc1. The highest BCUT2D eigenvalue weighted by atomic mass is 79.9. The second-order valence-electron chi connectivity index (χ2n) is 6.51. The number of furan rings is 1. The van der Waals surface area contributed by atoms with E-state index in [4.69, 9.17) is 16.6 Å². The molecule has 1 saturated heterocycles. The van der Waals surface area contributed by atoms with E-state index in [1.54, 1.807) is 36.4 Å². The van der Waals surface area contributed by atoms with Gasteiger partial charge in [-0.3, -0.25) is 19.8 Å². The van der Waals surface area contributed by atoms with Crippen LogP contribution in [0.5, 0.6) is 0 Å². The first kappa shape index (κ1) is 20.6. The Hall–Kier alpha value is -2.68. The van der Waals surface area contributed by atoms with Gasteiger partial charge in [-0.25, -0.2) is 0 Å². The lowest BCUT2D eigenvalue weighted by Gasteiger charge is -2.28. The average Bonchev–Trinajstić information content (AvgIpc) is 3.15. The number of rotatable bonds is 4. The number of carbonyl (C=O) groups excluding carboxylic acids is 2. The molecule has 8 heteroatoms.